The molecule has 1 aliphatic heterocycles. The van der Waals surface area contributed by atoms with Gasteiger partial charge in [-0.25, -0.2) is 13.8 Å². The second-order valence-corrected chi connectivity index (χ2v) is 8.62. The average Bonchev–Trinajstić information content (AvgIpc) is 3.13. The summed E-state index contributed by atoms with van der Waals surface area (Å²) in [5.41, 5.74) is 9.64. The van der Waals surface area contributed by atoms with Gasteiger partial charge in [-0.1, -0.05) is 11.6 Å². The van der Waals surface area contributed by atoms with Gasteiger partial charge in [-0.05, 0) is 43.7 Å². The highest BCUT2D eigenvalue weighted by atomic mass is 35.5. The van der Waals surface area contributed by atoms with Crippen LogP contribution in [0.5, 0.6) is 5.75 Å². The summed E-state index contributed by atoms with van der Waals surface area (Å²) in [7, 11) is 0. The number of rotatable bonds is 5. The zero-order valence-corrected chi connectivity index (χ0v) is 18.6. The number of pyridine rings is 2. The Kier molecular flexibility index (Phi) is 5.60. The molecular weight excluding hydrogens is 454 g/mol. The number of hydrogen-bond donors (Lipinski definition) is 3. The van der Waals surface area contributed by atoms with E-state index in [0.717, 1.165) is 6.07 Å². The highest BCUT2D eigenvalue weighted by molar-refractivity contribution is 6.31. The third kappa shape index (κ3) is 3.62. The molecule has 0 spiro atoms. The molecule has 1 aliphatic rings. The van der Waals surface area contributed by atoms with E-state index in [9.17, 15) is 18.7 Å². The lowest BCUT2D eigenvalue weighted by Crippen LogP contribution is -2.41. The maximum absolute atomic E-state index is 14.8. The van der Waals surface area contributed by atoms with Gasteiger partial charge < -0.3 is 21.3 Å². The van der Waals surface area contributed by atoms with Gasteiger partial charge in [0.15, 0.2) is 0 Å². The molecule has 4 rings (SSSR count). The standard InChI is InChI=1S/C23H21ClF2N4O3/c1-11-5-12(3-4-29-11)23(32,9-27)18-7-14-20(33-10-22(14,2)21(28)31)19(30-18)13-6-15(24)17(26)8-16(13)25/h3-8,32H,9-10,27H2,1-2H3,(H2,28,31)/t22-,23+/m0/s1. The molecule has 10 heteroatoms. The summed E-state index contributed by atoms with van der Waals surface area (Å²) in [6.45, 7) is 2.90. The van der Waals surface area contributed by atoms with Gasteiger partial charge in [0.2, 0.25) is 5.91 Å². The first-order valence-corrected chi connectivity index (χ1v) is 10.4. The van der Waals surface area contributed by atoms with Crippen molar-refractivity contribution in [2.24, 2.45) is 11.5 Å². The van der Waals surface area contributed by atoms with Crippen molar-refractivity contribution in [3.63, 3.8) is 0 Å². The molecule has 5 N–H and O–H groups in total. The molecule has 0 unspecified atom stereocenters. The van der Waals surface area contributed by atoms with Crippen molar-refractivity contribution in [2.75, 3.05) is 13.2 Å². The lowest BCUT2D eigenvalue weighted by Gasteiger charge is -2.29. The zero-order chi connectivity index (χ0) is 24.1. The average molecular weight is 475 g/mol. The molecule has 7 nitrogen and oxygen atoms in total. The summed E-state index contributed by atoms with van der Waals surface area (Å²) in [5.74, 6) is -2.49. The molecule has 1 aromatic carbocycles. The summed E-state index contributed by atoms with van der Waals surface area (Å²) in [6.07, 6.45) is 1.51. The molecule has 0 saturated heterocycles. The maximum atomic E-state index is 14.8. The first kappa shape index (κ1) is 23.0. The van der Waals surface area contributed by atoms with E-state index in [1.54, 1.807) is 26.0 Å². The molecule has 172 valence electrons. The van der Waals surface area contributed by atoms with Crippen LogP contribution in [0.4, 0.5) is 8.78 Å². The molecule has 0 radical (unpaired) electrons. The number of carbonyl (C=O) groups is 1. The number of aryl methyl sites for hydroxylation is 1. The van der Waals surface area contributed by atoms with Crippen molar-refractivity contribution >= 4 is 17.5 Å². The molecule has 0 bridgehead atoms. The molecule has 2 atom stereocenters. The lowest BCUT2D eigenvalue weighted by molar-refractivity contribution is -0.123. The topological polar surface area (TPSA) is 124 Å². The van der Waals surface area contributed by atoms with E-state index in [-0.39, 0.29) is 40.9 Å². The second kappa shape index (κ2) is 8.02. The quantitative estimate of drug-likeness (QED) is 0.488. The van der Waals surface area contributed by atoms with Crippen LogP contribution in [0.15, 0.2) is 36.5 Å². The van der Waals surface area contributed by atoms with E-state index in [2.05, 4.69) is 9.97 Å². The van der Waals surface area contributed by atoms with Crippen LogP contribution in [-0.2, 0) is 15.8 Å². The number of ether oxygens (including phenoxy) is 1. The minimum atomic E-state index is -1.82. The van der Waals surface area contributed by atoms with Crippen LogP contribution in [0.1, 0.15) is 29.4 Å². The predicted octanol–water partition coefficient (Wildman–Crippen LogP) is 2.71. The number of carbonyl (C=O) groups excluding carboxylic acids is 1. The van der Waals surface area contributed by atoms with E-state index >= 15 is 0 Å². The van der Waals surface area contributed by atoms with Gasteiger partial charge in [0, 0.05) is 35.6 Å². The Balaban J connectivity index is 2.06. The van der Waals surface area contributed by atoms with Crippen LogP contribution in [0.25, 0.3) is 11.3 Å². The molecule has 0 saturated carbocycles. The highest BCUT2D eigenvalue weighted by Crippen LogP contribution is 2.47. The number of benzene rings is 1. The van der Waals surface area contributed by atoms with Gasteiger partial charge in [-0.15, -0.1) is 0 Å². The van der Waals surface area contributed by atoms with Gasteiger partial charge in [0.25, 0.3) is 0 Å². The van der Waals surface area contributed by atoms with E-state index in [0.29, 0.717) is 22.9 Å². The zero-order valence-electron chi connectivity index (χ0n) is 17.8. The second-order valence-electron chi connectivity index (χ2n) is 8.21. The Morgan fingerprint density at radius 3 is 2.67 bits per heavy atom. The first-order valence-electron chi connectivity index (χ1n) is 10.0. The fourth-order valence-electron chi connectivity index (χ4n) is 3.86. The van der Waals surface area contributed by atoms with E-state index in [4.69, 9.17) is 27.8 Å². The third-order valence-electron chi connectivity index (χ3n) is 5.97. The van der Waals surface area contributed by atoms with Crippen LogP contribution >= 0.6 is 11.6 Å². The third-order valence-corrected chi connectivity index (χ3v) is 6.26. The van der Waals surface area contributed by atoms with Crippen LogP contribution in [-0.4, -0.2) is 34.1 Å². The Morgan fingerprint density at radius 2 is 2.03 bits per heavy atom. The number of nitrogens with two attached hydrogens (primary N) is 2. The molecule has 3 aromatic rings. The van der Waals surface area contributed by atoms with Crippen molar-refractivity contribution in [1.29, 1.82) is 0 Å². The van der Waals surface area contributed by atoms with Gasteiger partial charge in [0.05, 0.1) is 10.7 Å². The monoisotopic (exact) mass is 474 g/mol. The molecule has 0 fully saturated rings. The number of nitrogens with zero attached hydrogens (tertiary/aromatic N) is 2. The normalized spacial score (nSPS) is 19.0. The van der Waals surface area contributed by atoms with Crippen molar-refractivity contribution < 1.29 is 23.4 Å². The number of primary amides is 1. The maximum Gasteiger partial charge on any atom is 0.231 e. The SMILES string of the molecule is Cc1cc([C@](O)(CN)c2cc3c(c(-c4cc(Cl)c(F)cc4F)n2)OC[C@]3(C)C(N)=O)ccn1. The van der Waals surface area contributed by atoms with Crippen LogP contribution in [0, 0.1) is 18.6 Å². The Morgan fingerprint density at radius 1 is 1.30 bits per heavy atom. The Hall–Kier alpha value is -3.14. The van der Waals surface area contributed by atoms with Crippen molar-refractivity contribution in [2.45, 2.75) is 24.9 Å². The summed E-state index contributed by atoms with van der Waals surface area (Å²) in [6, 6.07) is 6.39. The van der Waals surface area contributed by atoms with Crippen LogP contribution in [0.3, 0.4) is 0 Å². The summed E-state index contributed by atoms with van der Waals surface area (Å²) in [4.78, 5) is 20.9. The smallest absolute Gasteiger partial charge is 0.231 e. The number of amides is 1. The predicted molar refractivity (Wildman–Crippen MR) is 118 cm³/mol. The van der Waals surface area contributed by atoms with E-state index < -0.39 is 28.6 Å². The summed E-state index contributed by atoms with van der Waals surface area (Å²) in [5, 5.41) is 11.3. The van der Waals surface area contributed by atoms with Gasteiger partial charge in [-0.2, -0.15) is 0 Å². The minimum absolute atomic E-state index is 0.0298. The highest BCUT2D eigenvalue weighted by Gasteiger charge is 2.46. The number of halogens is 3. The van der Waals surface area contributed by atoms with Gasteiger partial charge >= 0.3 is 0 Å². The molecule has 2 aromatic heterocycles. The van der Waals surface area contributed by atoms with Crippen LogP contribution in [0.2, 0.25) is 5.02 Å². The van der Waals surface area contributed by atoms with E-state index in [1.165, 1.54) is 12.3 Å². The number of aromatic nitrogens is 2. The largest absolute Gasteiger partial charge is 0.489 e. The fourth-order valence-corrected chi connectivity index (χ4v) is 4.02. The lowest BCUT2D eigenvalue weighted by atomic mass is 9.81. The Bertz CT molecular complexity index is 1290. The van der Waals surface area contributed by atoms with Gasteiger partial charge in [0.1, 0.15) is 40.7 Å². The number of hydrogen-bond acceptors (Lipinski definition) is 6. The molecule has 1 amide bonds. The Labute approximate surface area is 193 Å². The molecule has 3 heterocycles. The molecule has 0 aliphatic carbocycles. The van der Waals surface area contributed by atoms with Gasteiger partial charge in [-0.3, -0.25) is 9.78 Å². The molecular formula is C23H21ClF2N4O3. The summed E-state index contributed by atoms with van der Waals surface area (Å²) < 4.78 is 34.4. The van der Waals surface area contributed by atoms with Crippen molar-refractivity contribution in [3.8, 4) is 17.0 Å². The molecule has 33 heavy (non-hydrogen) atoms. The summed E-state index contributed by atoms with van der Waals surface area (Å²) >= 11 is 5.90. The minimum Gasteiger partial charge on any atom is -0.489 e. The van der Waals surface area contributed by atoms with Crippen LogP contribution < -0.4 is 16.2 Å². The van der Waals surface area contributed by atoms with Crippen molar-refractivity contribution in [3.05, 3.63) is 75.7 Å². The van der Waals surface area contributed by atoms with Crippen molar-refractivity contribution in [1.82, 2.24) is 9.97 Å². The van der Waals surface area contributed by atoms with E-state index in [1.807, 2.05) is 0 Å². The first-order chi connectivity index (χ1) is 15.5. The number of aliphatic hydroxyl groups is 1. The number of fused-ring (bicyclic) bond motifs is 1. The fraction of sp³-hybridized carbons (Fsp3) is 0.261.